The van der Waals surface area contributed by atoms with E-state index in [0.717, 1.165) is 17.5 Å². The van der Waals surface area contributed by atoms with E-state index in [9.17, 15) is 13.2 Å². The van der Waals surface area contributed by atoms with E-state index in [1.165, 1.54) is 23.5 Å². The van der Waals surface area contributed by atoms with E-state index in [1.807, 2.05) is 61.5 Å². The van der Waals surface area contributed by atoms with Gasteiger partial charge in [-0.2, -0.15) is 0 Å². The molecule has 4 aromatic rings. The summed E-state index contributed by atoms with van der Waals surface area (Å²) in [6, 6.07) is 29.9. The molecule has 6 nitrogen and oxygen atoms in total. The standard InChI is InChI=1S/C29H28N2O4S/c1-3-23-13-7-9-15-27(23)30-29(32)26-14-8-10-16-28(26)31(21-22-11-5-4-6-12-22)36(33,34)25-19-17-24(35-2)18-20-25/h4-20H,3,21H2,1-2H3,(H,30,32). The van der Waals surface area contributed by atoms with Gasteiger partial charge in [0.05, 0.1) is 29.8 Å². The number of anilines is 2. The molecule has 0 atom stereocenters. The van der Waals surface area contributed by atoms with Crippen LogP contribution in [0.25, 0.3) is 0 Å². The zero-order valence-corrected chi connectivity index (χ0v) is 21.0. The molecule has 0 aliphatic heterocycles. The van der Waals surface area contributed by atoms with Crippen LogP contribution in [0.5, 0.6) is 5.75 Å². The Kier molecular flexibility index (Phi) is 7.71. The lowest BCUT2D eigenvalue weighted by atomic mass is 10.1. The van der Waals surface area contributed by atoms with Gasteiger partial charge in [0.25, 0.3) is 15.9 Å². The fourth-order valence-corrected chi connectivity index (χ4v) is 5.42. The summed E-state index contributed by atoms with van der Waals surface area (Å²) in [6.45, 7) is 2.08. The number of rotatable bonds is 9. The maximum Gasteiger partial charge on any atom is 0.264 e. The second kappa shape index (κ2) is 11.1. The summed E-state index contributed by atoms with van der Waals surface area (Å²) in [5.74, 6) is 0.174. The van der Waals surface area contributed by atoms with Crippen molar-refractivity contribution in [1.82, 2.24) is 0 Å². The highest BCUT2D eigenvalue weighted by atomic mass is 32.2. The monoisotopic (exact) mass is 500 g/mol. The number of sulfonamides is 1. The molecule has 0 saturated heterocycles. The van der Waals surface area contributed by atoms with Crippen LogP contribution >= 0.6 is 0 Å². The van der Waals surface area contributed by atoms with Gasteiger partial charge in [-0.3, -0.25) is 9.10 Å². The van der Waals surface area contributed by atoms with Crippen molar-refractivity contribution < 1.29 is 17.9 Å². The van der Waals surface area contributed by atoms with Crippen LogP contribution in [0.15, 0.2) is 108 Å². The second-order valence-corrected chi connectivity index (χ2v) is 10.0. The topological polar surface area (TPSA) is 75.7 Å². The number of aryl methyl sites for hydroxylation is 1. The van der Waals surface area contributed by atoms with Gasteiger partial charge in [-0.05, 0) is 60.0 Å². The van der Waals surface area contributed by atoms with Gasteiger partial charge >= 0.3 is 0 Å². The minimum atomic E-state index is -4.02. The molecular weight excluding hydrogens is 472 g/mol. The Balaban J connectivity index is 1.79. The number of hydrogen-bond acceptors (Lipinski definition) is 4. The third kappa shape index (κ3) is 5.42. The van der Waals surface area contributed by atoms with Crippen molar-refractivity contribution in [3.05, 3.63) is 120 Å². The summed E-state index contributed by atoms with van der Waals surface area (Å²) in [7, 11) is -2.50. The summed E-state index contributed by atoms with van der Waals surface area (Å²) in [6.07, 6.45) is 0.754. The average molecular weight is 501 g/mol. The lowest BCUT2D eigenvalue weighted by Crippen LogP contribution is -2.32. The molecule has 0 radical (unpaired) electrons. The molecule has 0 heterocycles. The number of nitrogens with zero attached hydrogens (tertiary/aromatic N) is 1. The van der Waals surface area contributed by atoms with Gasteiger partial charge in [0.2, 0.25) is 0 Å². The number of amides is 1. The first-order chi connectivity index (χ1) is 17.4. The van der Waals surface area contributed by atoms with Crippen LogP contribution in [0.4, 0.5) is 11.4 Å². The highest BCUT2D eigenvalue weighted by Gasteiger charge is 2.29. The van der Waals surface area contributed by atoms with Crippen molar-refractivity contribution in [1.29, 1.82) is 0 Å². The Hall–Kier alpha value is -4.10. The number of nitrogens with one attached hydrogen (secondary N) is 1. The number of carbonyl (C=O) groups excluding carboxylic acids is 1. The number of benzene rings is 4. The van der Waals surface area contributed by atoms with Crippen LogP contribution < -0.4 is 14.4 Å². The highest BCUT2D eigenvalue weighted by molar-refractivity contribution is 7.92. The van der Waals surface area contributed by atoms with Crippen molar-refractivity contribution in [3.8, 4) is 5.75 Å². The average Bonchev–Trinajstić information content (AvgIpc) is 2.92. The van der Waals surface area contributed by atoms with Gasteiger partial charge in [0, 0.05) is 5.69 Å². The van der Waals surface area contributed by atoms with E-state index in [4.69, 9.17) is 4.74 Å². The van der Waals surface area contributed by atoms with Crippen LogP contribution in [0.2, 0.25) is 0 Å². The van der Waals surface area contributed by atoms with Crippen LogP contribution in [0.1, 0.15) is 28.4 Å². The summed E-state index contributed by atoms with van der Waals surface area (Å²) in [5.41, 5.74) is 3.05. The van der Waals surface area contributed by atoms with Crippen molar-refractivity contribution in [2.45, 2.75) is 24.8 Å². The third-order valence-corrected chi connectivity index (χ3v) is 7.65. The second-order valence-electron chi connectivity index (χ2n) is 8.15. The summed E-state index contributed by atoms with van der Waals surface area (Å²) in [5, 5.41) is 2.97. The largest absolute Gasteiger partial charge is 0.497 e. The first-order valence-corrected chi connectivity index (χ1v) is 13.1. The number of carbonyl (C=O) groups is 1. The zero-order valence-electron chi connectivity index (χ0n) is 20.2. The van der Waals surface area contributed by atoms with E-state index < -0.39 is 10.0 Å². The van der Waals surface area contributed by atoms with Crippen LogP contribution in [0.3, 0.4) is 0 Å². The molecule has 0 spiro atoms. The molecule has 4 aromatic carbocycles. The van der Waals surface area contributed by atoms with Gasteiger partial charge < -0.3 is 10.1 Å². The molecule has 0 unspecified atom stereocenters. The zero-order chi connectivity index (χ0) is 25.5. The molecule has 0 saturated carbocycles. The molecule has 0 aliphatic rings. The first kappa shape index (κ1) is 25.0. The molecular formula is C29H28N2O4S. The maximum absolute atomic E-state index is 13.9. The Morgan fingerprint density at radius 2 is 1.47 bits per heavy atom. The van der Waals surface area contributed by atoms with Gasteiger partial charge in [-0.15, -0.1) is 0 Å². The van der Waals surface area contributed by atoms with Gasteiger partial charge in [0.15, 0.2) is 0 Å². The fraction of sp³-hybridized carbons (Fsp3) is 0.138. The molecule has 1 N–H and O–H groups in total. The van der Waals surface area contributed by atoms with E-state index >= 15 is 0 Å². The number of methoxy groups -OCH3 is 1. The first-order valence-electron chi connectivity index (χ1n) is 11.6. The number of hydrogen-bond donors (Lipinski definition) is 1. The number of ether oxygens (including phenoxy) is 1. The van der Waals surface area contributed by atoms with Crippen molar-refractivity contribution in [2.24, 2.45) is 0 Å². The lowest BCUT2D eigenvalue weighted by Gasteiger charge is -2.27. The lowest BCUT2D eigenvalue weighted by molar-refractivity contribution is 0.102. The highest BCUT2D eigenvalue weighted by Crippen LogP contribution is 2.31. The Bertz CT molecular complexity index is 1440. The molecule has 0 aromatic heterocycles. The van der Waals surface area contributed by atoms with Crippen molar-refractivity contribution >= 4 is 27.3 Å². The maximum atomic E-state index is 13.9. The summed E-state index contributed by atoms with van der Waals surface area (Å²) < 4.78 is 34.3. The number of para-hydroxylation sites is 2. The Morgan fingerprint density at radius 1 is 0.833 bits per heavy atom. The fourth-order valence-electron chi connectivity index (χ4n) is 3.95. The van der Waals surface area contributed by atoms with Crippen LogP contribution in [0, 0.1) is 0 Å². The van der Waals surface area contributed by atoms with Crippen molar-refractivity contribution in [3.63, 3.8) is 0 Å². The van der Waals surface area contributed by atoms with Gasteiger partial charge in [-0.1, -0.05) is 67.6 Å². The molecule has 0 fully saturated rings. The minimum Gasteiger partial charge on any atom is -0.497 e. The molecule has 7 heteroatoms. The molecule has 184 valence electrons. The Labute approximate surface area is 212 Å². The van der Waals surface area contributed by atoms with Gasteiger partial charge in [0.1, 0.15) is 5.75 Å². The minimum absolute atomic E-state index is 0.0606. The smallest absolute Gasteiger partial charge is 0.264 e. The van der Waals surface area contributed by atoms with E-state index in [0.29, 0.717) is 17.1 Å². The summed E-state index contributed by atoms with van der Waals surface area (Å²) >= 11 is 0. The molecule has 36 heavy (non-hydrogen) atoms. The van der Waals surface area contributed by atoms with E-state index in [2.05, 4.69) is 5.32 Å². The molecule has 4 rings (SSSR count). The summed E-state index contributed by atoms with van der Waals surface area (Å²) in [4.78, 5) is 13.6. The molecule has 0 aliphatic carbocycles. The molecule has 0 bridgehead atoms. The van der Waals surface area contributed by atoms with Crippen molar-refractivity contribution in [2.75, 3.05) is 16.7 Å². The predicted molar refractivity (Wildman–Crippen MR) is 143 cm³/mol. The Morgan fingerprint density at radius 3 is 2.17 bits per heavy atom. The van der Waals surface area contributed by atoms with Gasteiger partial charge in [-0.25, -0.2) is 8.42 Å². The van der Waals surface area contributed by atoms with E-state index in [1.54, 1.807) is 36.4 Å². The van der Waals surface area contributed by atoms with Crippen LogP contribution in [-0.2, 0) is 23.0 Å². The third-order valence-electron chi connectivity index (χ3n) is 5.88. The normalized spacial score (nSPS) is 11.1. The molecule has 1 amide bonds. The van der Waals surface area contributed by atoms with E-state index in [-0.39, 0.29) is 22.9 Å². The van der Waals surface area contributed by atoms with Crippen LogP contribution in [-0.4, -0.2) is 21.4 Å². The quantitative estimate of drug-likeness (QED) is 0.310. The SMILES string of the molecule is CCc1ccccc1NC(=O)c1ccccc1N(Cc1ccccc1)S(=O)(=O)c1ccc(OC)cc1. The predicted octanol–water partition coefficient (Wildman–Crippen LogP) is 5.91.